The van der Waals surface area contributed by atoms with Crippen molar-refractivity contribution < 1.29 is 14.4 Å². The van der Waals surface area contributed by atoms with Gasteiger partial charge in [0.15, 0.2) is 0 Å². The van der Waals surface area contributed by atoms with Gasteiger partial charge in [0.05, 0.1) is 6.61 Å². The first kappa shape index (κ1) is 18.2. The van der Waals surface area contributed by atoms with Gasteiger partial charge < -0.3 is 5.32 Å². The fourth-order valence-electron chi connectivity index (χ4n) is 1.99. The maximum absolute atomic E-state index is 11.5. The summed E-state index contributed by atoms with van der Waals surface area (Å²) in [5.41, 5.74) is 3.07. The van der Waals surface area contributed by atoms with Crippen molar-refractivity contribution in [2.45, 2.75) is 52.1 Å². The molecule has 0 fully saturated rings. The second-order valence-electron chi connectivity index (χ2n) is 5.23. The van der Waals surface area contributed by atoms with Gasteiger partial charge in [0.1, 0.15) is 0 Å². The third-order valence-corrected chi connectivity index (χ3v) is 3.27. The van der Waals surface area contributed by atoms with Gasteiger partial charge in [-0.15, -0.1) is 0 Å². The number of amides is 2. The molecule has 0 spiro atoms. The maximum Gasteiger partial charge on any atom is 0.332 e. The fourth-order valence-corrected chi connectivity index (χ4v) is 1.99. The molecule has 0 atom stereocenters. The van der Waals surface area contributed by atoms with Crippen molar-refractivity contribution in [3.63, 3.8) is 0 Å². The lowest BCUT2D eigenvalue weighted by Gasteiger charge is -2.07. The van der Waals surface area contributed by atoms with Gasteiger partial charge in [-0.05, 0) is 12.0 Å². The number of rotatable bonds is 10. The summed E-state index contributed by atoms with van der Waals surface area (Å²) in [7, 11) is 0. The molecule has 122 valence electrons. The minimum Gasteiger partial charge on any atom is -0.348 e. The average Bonchev–Trinajstić information content (AvgIpc) is 2.54. The monoisotopic (exact) mass is 306 g/mol. The molecule has 0 unspecified atom stereocenters. The highest BCUT2D eigenvalue weighted by Crippen LogP contribution is 2.04. The lowest BCUT2D eigenvalue weighted by molar-refractivity contribution is -0.147. The molecule has 0 aliphatic rings. The van der Waals surface area contributed by atoms with Crippen molar-refractivity contribution in [1.82, 2.24) is 10.8 Å². The van der Waals surface area contributed by atoms with E-state index >= 15 is 0 Å². The Morgan fingerprint density at radius 3 is 2.36 bits per heavy atom. The normalized spacial score (nSPS) is 10.2. The number of nitrogens with one attached hydrogen (secondary N) is 2. The van der Waals surface area contributed by atoms with E-state index < -0.39 is 11.8 Å². The van der Waals surface area contributed by atoms with Crippen LogP contribution in [-0.4, -0.2) is 18.4 Å². The van der Waals surface area contributed by atoms with Crippen LogP contribution < -0.4 is 10.8 Å². The van der Waals surface area contributed by atoms with Crippen LogP contribution in [0.15, 0.2) is 30.3 Å². The summed E-state index contributed by atoms with van der Waals surface area (Å²) >= 11 is 0. The average molecular weight is 306 g/mol. The molecule has 0 aromatic heterocycles. The van der Waals surface area contributed by atoms with Gasteiger partial charge in [-0.1, -0.05) is 69.4 Å². The van der Waals surface area contributed by atoms with Crippen molar-refractivity contribution >= 4 is 11.8 Å². The van der Waals surface area contributed by atoms with Crippen molar-refractivity contribution in [1.29, 1.82) is 0 Å². The largest absolute Gasteiger partial charge is 0.348 e. The number of hydrogen-bond donors (Lipinski definition) is 2. The number of carbonyl (C=O) groups excluding carboxylic acids is 2. The molecular formula is C17H26N2O3. The predicted molar refractivity (Wildman–Crippen MR) is 85.8 cm³/mol. The summed E-state index contributed by atoms with van der Waals surface area (Å²) in [6.07, 6.45) is 6.86. The molecule has 2 N–H and O–H groups in total. The first-order chi connectivity index (χ1) is 10.7. The lowest BCUT2D eigenvalue weighted by atomic mass is 10.1. The van der Waals surface area contributed by atoms with Crippen LogP contribution in [0.5, 0.6) is 0 Å². The van der Waals surface area contributed by atoms with E-state index in [4.69, 9.17) is 4.84 Å². The Bertz CT molecular complexity index is 435. The third-order valence-electron chi connectivity index (χ3n) is 3.27. The molecule has 22 heavy (non-hydrogen) atoms. The smallest absolute Gasteiger partial charge is 0.332 e. The topological polar surface area (TPSA) is 67.4 Å². The van der Waals surface area contributed by atoms with Crippen molar-refractivity contribution in [2.24, 2.45) is 0 Å². The first-order valence-corrected chi connectivity index (χ1v) is 7.98. The lowest BCUT2D eigenvalue weighted by Crippen LogP contribution is -2.40. The zero-order chi connectivity index (χ0) is 16.0. The highest BCUT2D eigenvalue weighted by atomic mass is 16.7. The predicted octanol–water partition coefficient (Wildman–Crippen LogP) is 2.71. The number of hydroxylamine groups is 1. The Hall–Kier alpha value is -1.88. The molecule has 1 aromatic rings. The van der Waals surface area contributed by atoms with E-state index in [-0.39, 0.29) is 6.61 Å². The molecule has 2 amide bonds. The van der Waals surface area contributed by atoms with E-state index in [1.165, 1.54) is 25.7 Å². The molecular weight excluding hydrogens is 280 g/mol. The number of benzene rings is 1. The SMILES string of the molecule is CCCCCCCCNC(=O)C(=O)NOCc1ccccc1. The van der Waals surface area contributed by atoms with E-state index in [9.17, 15) is 9.59 Å². The summed E-state index contributed by atoms with van der Waals surface area (Å²) in [6.45, 7) is 2.94. The molecule has 5 heteroatoms. The molecule has 0 bridgehead atoms. The van der Waals surface area contributed by atoms with E-state index in [0.717, 1.165) is 18.4 Å². The third kappa shape index (κ3) is 8.42. The van der Waals surface area contributed by atoms with Gasteiger partial charge in [-0.3, -0.25) is 14.4 Å². The van der Waals surface area contributed by atoms with Crippen LogP contribution in [0.2, 0.25) is 0 Å². The molecule has 0 heterocycles. The Labute approximate surface area is 132 Å². The Morgan fingerprint density at radius 1 is 0.955 bits per heavy atom. The Morgan fingerprint density at radius 2 is 1.64 bits per heavy atom. The molecule has 1 rings (SSSR count). The summed E-state index contributed by atoms with van der Waals surface area (Å²) in [4.78, 5) is 28.0. The molecule has 0 saturated heterocycles. The number of hydrogen-bond acceptors (Lipinski definition) is 3. The number of carbonyl (C=O) groups is 2. The van der Waals surface area contributed by atoms with Crippen molar-refractivity contribution in [3.8, 4) is 0 Å². The molecule has 5 nitrogen and oxygen atoms in total. The zero-order valence-electron chi connectivity index (χ0n) is 13.3. The summed E-state index contributed by atoms with van der Waals surface area (Å²) in [6, 6.07) is 9.43. The second kappa shape index (κ2) is 11.7. The Balaban J connectivity index is 2.03. The second-order valence-corrected chi connectivity index (χ2v) is 5.23. The van der Waals surface area contributed by atoms with Crippen LogP contribution in [0.3, 0.4) is 0 Å². The van der Waals surface area contributed by atoms with Gasteiger partial charge in [0.2, 0.25) is 0 Å². The van der Waals surface area contributed by atoms with Crippen molar-refractivity contribution in [3.05, 3.63) is 35.9 Å². The first-order valence-electron chi connectivity index (χ1n) is 7.98. The highest BCUT2D eigenvalue weighted by molar-refractivity contribution is 6.34. The van der Waals surface area contributed by atoms with Gasteiger partial charge in [-0.2, -0.15) is 0 Å². The zero-order valence-corrected chi connectivity index (χ0v) is 13.3. The Kier molecular flexibility index (Phi) is 9.70. The van der Waals surface area contributed by atoms with Crippen LogP contribution in [0.4, 0.5) is 0 Å². The van der Waals surface area contributed by atoms with E-state index in [0.29, 0.717) is 6.54 Å². The van der Waals surface area contributed by atoms with Crippen LogP contribution in [0.25, 0.3) is 0 Å². The standard InChI is InChI=1S/C17H26N2O3/c1-2-3-4-5-6-10-13-18-16(20)17(21)19-22-14-15-11-8-7-9-12-15/h7-9,11-12H,2-6,10,13-14H2,1H3,(H,18,20)(H,19,21). The van der Waals surface area contributed by atoms with Crippen LogP contribution in [0.1, 0.15) is 51.0 Å². The molecule has 0 aliphatic carbocycles. The van der Waals surface area contributed by atoms with Crippen LogP contribution in [0, 0.1) is 0 Å². The van der Waals surface area contributed by atoms with E-state index in [1.54, 1.807) is 0 Å². The van der Waals surface area contributed by atoms with Gasteiger partial charge in [0.25, 0.3) is 0 Å². The van der Waals surface area contributed by atoms with E-state index in [1.807, 2.05) is 30.3 Å². The minimum atomic E-state index is -0.762. The molecule has 0 radical (unpaired) electrons. The molecule has 0 saturated carbocycles. The minimum absolute atomic E-state index is 0.233. The van der Waals surface area contributed by atoms with Gasteiger partial charge in [0, 0.05) is 6.54 Å². The van der Waals surface area contributed by atoms with Crippen LogP contribution in [-0.2, 0) is 21.0 Å². The van der Waals surface area contributed by atoms with Gasteiger partial charge in [-0.25, -0.2) is 5.48 Å². The van der Waals surface area contributed by atoms with Crippen molar-refractivity contribution in [2.75, 3.05) is 6.54 Å². The summed E-state index contributed by atoms with van der Waals surface area (Å²) in [5, 5.41) is 2.59. The summed E-state index contributed by atoms with van der Waals surface area (Å²) < 4.78 is 0. The van der Waals surface area contributed by atoms with Crippen LogP contribution >= 0.6 is 0 Å². The fraction of sp³-hybridized carbons (Fsp3) is 0.529. The maximum atomic E-state index is 11.5. The highest BCUT2D eigenvalue weighted by Gasteiger charge is 2.12. The number of unbranched alkanes of at least 4 members (excludes halogenated alkanes) is 5. The molecule has 0 aliphatic heterocycles. The molecule has 1 aromatic carbocycles. The summed E-state index contributed by atoms with van der Waals surface area (Å²) in [5.74, 6) is -1.41. The quantitative estimate of drug-likeness (QED) is 0.397. The van der Waals surface area contributed by atoms with E-state index in [2.05, 4.69) is 17.7 Å². The van der Waals surface area contributed by atoms with Gasteiger partial charge >= 0.3 is 11.8 Å².